The molecule has 3 fully saturated rings. The van der Waals surface area contributed by atoms with E-state index in [1.807, 2.05) is 0 Å². The number of hydrogen-bond acceptors (Lipinski definition) is 2. The fraction of sp³-hybridized carbons (Fsp3) is 0.938. The second-order valence-corrected chi connectivity index (χ2v) is 7.51. The zero-order chi connectivity index (χ0) is 14.8. The monoisotopic (exact) mass is 298 g/mol. The molecular formula is C16H32N3O2+3. The number of piperazine rings is 1. The Labute approximate surface area is 128 Å². The number of esters is 1. The van der Waals surface area contributed by atoms with Gasteiger partial charge in [-0.2, -0.15) is 0 Å². The number of rotatable bonds is 4. The van der Waals surface area contributed by atoms with Crippen molar-refractivity contribution < 1.29 is 24.2 Å². The lowest BCUT2D eigenvalue weighted by atomic mass is 10.0. The Morgan fingerprint density at radius 1 is 1.05 bits per heavy atom. The van der Waals surface area contributed by atoms with Gasteiger partial charge in [-0.05, 0) is 0 Å². The van der Waals surface area contributed by atoms with E-state index in [9.17, 15) is 4.79 Å². The molecule has 4 atom stereocenters. The first-order valence-electron chi connectivity index (χ1n) is 8.79. The smallest absolute Gasteiger partial charge is 0.311 e. The molecule has 3 saturated heterocycles. The maximum Gasteiger partial charge on any atom is 0.311 e. The van der Waals surface area contributed by atoms with Crippen molar-refractivity contribution in [3.05, 3.63) is 0 Å². The van der Waals surface area contributed by atoms with Gasteiger partial charge in [0, 0.05) is 25.7 Å². The summed E-state index contributed by atoms with van der Waals surface area (Å²) in [5, 5.41) is 0. The van der Waals surface area contributed by atoms with E-state index >= 15 is 0 Å². The Kier molecular flexibility index (Phi) is 4.82. The van der Waals surface area contributed by atoms with E-state index in [1.54, 1.807) is 14.7 Å². The molecular weight excluding hydrogens is 266 g/mol. The van der Waals surface area contributed by atoms with Crippen LogP contribution in [0.2, 0.25) is 0 Å². The molecule has 3 aliphatic heterocycles. The van der Waals surface area contributed by atoms with Gasteiger partial charge in [-0.25, -0.2) is 0 Å². The first-order valence-corrected chi connectivity index (χ1v) is 8.79. The fourth-order valence-electron chi connectivity index (χ4n) is 4.43. The summed E-state index contributed by atoms with van der Waals surface area (Å²) in [7, 11) is 4.56. The Morgan fingerprint density at radius 3 is 2.29 bits per heavy atom. The third kappa shape index (κ3) is 3.76. The number of carbonyl (C=O) groups excluding carboxylic acids is 1. The van der Waals surface area contributed by atoms with Gasteiger partial charge in [0.1, 0.15) is 32.3 Å². The van der Waals surface area contributed by atoms with Crippen molar-refractivity contribution in [2.45, 2.75) is 50.3 Å². The molecule has 2 unspecified atom stereocenters. The first-order chi connectivity index (χ1) is 10.1. The lowest BCUT2D eigenvalue weighted by Gasteiger charge is -2.33. The molecule has 21 heavy (non-hydrogen) atoms. The second kappa shape index (κ2) is 6.63. The summed E-state index contributed by atoms with van der Waals surface area (Å²) in [6, 6.07) is 1.46. The number of fused-ring (bicyclic) bond motifs is 2. The predicted octanol–water partition coefficient (Wildman–Crippen LogP) is -3.46. The van der Waals surface area contributed by atoms with Crippen LogP contribution in [-0.4, -0.2) is 71.0 Å². The van der Waals surface area contributed by atoms with E-state index in [1.165, 1.54) is 39.0 Å². The third-order valence-electron chi connectivity index (χ3n) is 6.04. The highest BCUT2D eigenvalue weighted by Crippen LogP contribution is 2.24. The minimum Gasteiger partial charge on any atom is -0.462 e. The average Bonchev–Trinajstić information content (AvgIpc) is 2.69. The molecule has 3 rings (SSSR count). The highest BCUT2D eigenvalue weighted by atomic mass is 16.5. The third-order valence-corrected chi connectivity index (χ3v) is 6.04. The molecule has 2 bridgehead atoms. The number of carbonyl (C=O) groups is 1. The summed E-state index contributed by atoms with van der Waals surface area (Å²) in [6.07, 6.45) is 5.60. The van der Waals surface area contributed by atoms with Crippen LogP contribution in [-0.2, 0) is 9.53 Å². The molecule has 5 heteroatoms. The molecule has 3 heterocycles. The van der Waals surface area contributed by atoms with Crippen LogP contribution in [0.25, 0.3) is 0 Å². The van der Waals surface area contributed by atoms with Crippen LogP contribution in [0, 0.1) is 0 Å². The zero-order valence-electron chi connectivity index (χ0n) is 13.6. The van der Waals surface area contributed by atoms with Gasteiger partial charge in [-0.3, -0.25) is 4.79 Å². The SMILES string of the molecule is C[NH+]1CC[NH+](CCC(=O)OC2C[C@H]3CC[C@@H](C2)[NH+]3C)CC1. The highest BCUT2D eigenvalue weighted by molar-refractivity contribution is 5.69. The summed E-state index contributed by atoms with van der Waals surface area (Å²) in [6.45, 7) is 5.80. The molecule has 3 N–H and O–H groups in total. The number of nitrogens with one attached hydrogen (secondary N) is 3. The predicted molar refractivity (Wildman–Crippen MR) is 79.6 cm³/mol. The van der Waals surface area contributed by atoms with Crippen molar-refractivity contribution in [3.8, 4) is 0 Å². The fourth-order valence-corrected chi connectivity index (χ4v) is 4.43. The van der Waals surface area contributed by atoms with E-state index in [4.69, 9.17) is 4.74 Å². The standard InChI is InChI=1S/C16H29N3O2/c1-17-7-9-19(10-8-17)6-5-16(20)21-15-11-13-3-4-14(12-15)18(13)2/h13-15H,3-12H2,1-2H3/p+3/t13-,14+,15?. The van der Waals surface area contributed by atoms with Crippen LogP contribution in [0.1, 0.15) is 32.1 Å². The maximum atomic E-state index is 12.1. The van der Waals surface area contributed by atoms with Gasteiger partial charge in [0.25, 0.3) is 0 Å². The van der Waals surface area contributed by atoms with Crippen molar-refractivity contribution in [2.75, 3.05) is 46.8 Å². The van der Waals surface area contributed by atoms with E-state index in [0.717, 1.165) is 31.5 Å². The normalized spacial score (nSPS) is 42.8. The number of piperidine rings is 1. The number of ether oxygens (including phenoxy) is 1. The summed E-state index contributed by atoms with van der Waals surface area (Å²) >= 11 is 0. The summed E-state index contributed by atoms with van der Waals surface area (Å²) in [5.41, 5.74) is 0. The van der Waals surface area contributed by atoms with Crippen LogP contribution in [0.4, 0.5) is 0 Å². The Hall–Kier alpha value is -0.650. The Balaban J connectivity index is 1.37. The molecule has 0 aliphatic carbocycles. The molecule has 0 aromatic heterocycles. The quantitative estimate of drug-likeness (QED) is 0.472. The lowest BCUT2D eigenvalue weighted by molar-refractivity contribution is -1.00. The van der Waals surface area contributed by atoms with E-state index in [2.05, 4.69) is 14.1 Å². The molecule has 5 nitrogen and oxygen atoms in total. The summed E-state index contributed by atoms with van der Waals surface area (Å²) in [5.74, 6) is 0.0396. The Morgan fingerprint density at radius 2 is 1.67 bits per heavy atom. The van der Waals surface area contributed by atoms with Gasteiger partial charge in [0.15, 0.2) is 0 Å². The summed E-state index contributed by atoms with van der Waals surface area (Å²) < 4.78 is 5.76. The number of likely N-dealkylation sites (N-methyl/N-ethyl adjacent to an activating group) is 1. The van der Waals surface area contributed by atoms with Crippen molar-refractivity contribution in [1.82, 2.24) is 0 Å². The number of quaternary nitrogens is 3. The maximum absolute atomic E-state index is 12.1. The van der Waals surface area contributed by atoms with Crippen molar-refractivity contribution in [3.63, 3.8) is 0 Å². The van der Waals surface area contributed by atoms with Gasteiger partial charge in [0.2, 0.25) is 0 Å². The molecule has 0 spiro atoms. The molecule has 0 aromatic rings. The minimum absolute atomic E-state index is 0.0396. The first kappa shape index (κ1) is 15.3. The largest absolute Gasteiger partial charge is 0.462 e. The van der Waals surface area contributed by atoms with E-state index in [-0.39, 0.29) is 12.1 Å². The van der Waals surface area contributed by atoms with Crippen LogP contribution in [0.5, 0.6) is 0 Å². The lowest BCUT2D eigenvalue weighted by Crippen LogP contribution is -3.27. The zero-order valence-corrected chi connectivity index (χ0v) is 13.6. The molecule has 0 aromatic carbocycles. The summed E-state index contributed by atoms with van der Waals surface area (Å²) in [4.78, 5) is 16.9. The minimum atomic E-state index is 0.0396. The van der Waals surface area contributed by atoms with Gasteiger partial charge < -0.3 is 19.4 Å². The second-order valence-electron chi connectivity index (χ2n) is 7.51. The number of hydrogen-bond donors (Lipinski definition) is 3. The van der Waals surface area contributed by atoms with Crippen LogP contribution in [0.3, 0.4) is 0 Å². The molecule has 0 saturated carbocycles. The van der Waals surface area contributed by atoms with E-state index in [0.29, 0.717) is 6.42 Å². The Bertz CT molecular complexity index is 355. The van der Waals surface area contributed by atoms with Crippen LogP contribution >= 0.6 is 0 Å². The van der Waals surface area contributed by atoms with Crippen molar-refractivity contribution in [2.24, 2.45) is 0 Å². The molecule has 3 aliphatic rings. The topological polar surface area (TPSA) is 39.6 Å². The van der Waals surface area contributed by atoms with Crippen LogP contribution < -0.4 is 14.7 Å². The van der Waals surface area contributed by atoms with E-state index < -0.39 is 0 Å². The van der Waals surface area contributed by atoms with Gasteiger partial charge in [-0.1, -0.05) is 0 Å². The van der Waals surface area contributed by atoms with Crippen LogP contribution in [0.15, 0.2) is 0 Å². The van der Waals surface area contributed by atoms with Crippen molar-refractivity contribution in [1.29, 1.82) is 0 Å². The molecule has 0 amide bonds. The average molecular weight is 298 g/mol. The van der Waals surface area contributed by atoms with Gasteiger partial charge in [-0.15, -0.1) is 0 Å². The highest BCUT2D eigenvalue weighted by Gasteiger charge is 2.43. The molecule has 0 radical (unpaired) electrons. The van der Waals surface area contributed by atoms with Gasteiger partial charge >= 0.3 is 5.97 Å². The molecule has 120 valence electrons. The van der Waals surface area contributed by atoms with Crippen molar-refractivity contribution >= 4 is 5.97 Å². The van der Waals surface area contributed by atoms with Gasteiger partial charge in [0.05, 0.1) is 39.1 Å².